The van der Waals surface area contributed by atoms with E-state index >= 15 is 0 Å². The molecule has 0 saturated heterocycles. The van der Waals surface area contributed by atoms with E-state index < -0.39 is 0 Å². The van der Waals surface area contributed by atoms with Crippen LogP contribution in [0.3, 0.4) is 0 Å². The number of amides is 1. The van der Waals surface area contributed by atoms with Crippen molar-refractivity contribution in [1.29, 1.82) is 0 Å². The van der Waals surface area contributed by atoms with Gasteiger partial charge >= 0.3 is 5.97 Å². The first kappa shape index (κ1) is 15.5. The number of esters is 1. The van der Waals surface area contributed by atoms with E-state index in [2.05, 4.69) is 22.5 Å². The number of hydrogen-bond acceptors (Lipinski definition) is 4. The average molecular weight is 330 g/mol. The van der Waals surface area contributed by atoms with Crippen molar-refractivity contribution >= 4 is 27.8 Å². The quantitative estimate of drug-likeness (QED) is 0.570. The van der Waals surface area contributed by atoms with Crippen LogP contribution in [-0.2, 0) is 9.53 Å². The molecule has 0 bridgehead atoms. The third-order valence-corrected chi connectivity index (χ3v) is 2.74. The van der Waals surface area contributed by atoms with Crippen LogP contribution in [0.15, 0.2) is 33.9 Å². The summed E-state index contributed by atoms with van der Waals surface area (Å²) in [5.74, 6) is -0.391. The molecule has 0 radical (unpaired) electrons. The molecule has 0 unspecified atom stereocenters. The van der Waals surface area contributed by atoms with Gasteiger partial charge in [-0.1, -0.05) is 6.08 Å². The van der Waals surface area contributed by atoms with Crippen LogP contribution in [0.4, 0.5) is 0 Å². The predicted molar refractivity (Wildman–Crippen MR) is 73.8 cm³/mol. The number of ether oxygens (including phenoxy) is 1. The van der Waals surface area contributed by atoms with Gasteiger partial charge in [-0.15, -0.1) is 6.58 Å². The maximum Gasteiger partial charge on any atom is 0.307 e. The molecule has 1 aromatic heterocycles. The molecule has 0 aromatic carbocycles. The number of rotatable bonds is 7. The number of hydrogen-bond donors (Lipinski definition) is 0. The summed E-state index contributed by atoms with van der Waals surface area (Å²) in [6.45, 7) is 6.28. The largest absolute Gasteiger partial charge is 0.466 e. The Balaban J connectivity index is 2.63. The third-order valence-electron chi connectivity index (χ3n) is 2.31. The molecular weight excluding hydrogens is 314 g/mol. The normalized spacial score (nSPS) is 10.0. The van der Waals surface area contributed by atoms with Gasteiger partial charge in [0.15, 0.2) is 10.4 Å². The molecule has 6 heteroatoms. The van der Waals surface area contributed by atoms with Crippen molar-refractivity contribution in [1.82, 2.24) is 4.90 Å². The summed E-state index contributed by atoms with van der Waals surface area (Å²) in [7, 11) is 0. The summed E-state index contributed by atoms with van der Waals surface area (Å²) >= 11 is 3.14. The highest BCUT2D eigenvalue weighted by Gasteiger charge is 2.19. The highest BCUT2D eigenvalue weighted by atomic mass is 79.9. The second-order valence-corrected chi connectivity index (χ2v) is 4.48. The van der Waals surface area contributed by atoms with Crippen molar-refractivity contribution in [2.75, 3.05) is 19.7 Å². The number of carbonyl (C=O) groups is 2. The number of carbonyl (C=O) groups excluding carboxylic acids is 2. The van der Waals surface area contributed by atoms with Gasteiger partial charge in [0.2, 0.25) is 0 Å². The maximum atomic E-state index is 12.1. The summed E-state index contributed by atoms with van der Waals surface area (Å²) in [6.07, 6.45) is 1.75. The van der Waals surface area contributed by atoms with Gasteiger partial charge in [-0.05, 0) is 35.0 Å². The fraction of sp³-hybridized carbons (Fsp3) is 0.385. The molecule has 1 amide bonds. The predicted octanol–water partition coefficient (Wildman–Crippen LogP) is 2.62. The summed E-state index contributed by atoms with van der Waals surface area (Å²) in [4.78, 5) is 24.9. The molecule has 0 aliphatic rings. The van der Waals surface area contributed by atoms with E-state index in [-0.39, 0.29) is 30.6 Å². The lowest BCUT2D eigenvalue weighted by Crippen LogP contribution is -2.33. The lowest BCUT2D eigenvalue weighted by atomic mass is 10.3. The van der Waals surface area contributed by atoms with E-state index in [0.717, 1.165) is 0 Å². The van der Waals surface area contributed by atoms with Gasteiger partial charge < -0.3 is 14.1 Å². The fourth-order valence-electron chi connectivity index (χ4n) is 1.48. The van der Waals surface area contributed by atoms with Crippen LogP contribution in [0, 0.1) is 0 Å². The van der Waals surface area contributed by atoms with Crippen LogP contribution in [0.5, 0.6) is 0 Å². The lowest BCUT2D eigenvalue weighted by Gasteiger charge is -2.19. The summed E-state index contributed by atoms with van der Waals surface area (Å²) < 4.78 is 10.5. The van der Waals surface area contributed by atoms with Gasteiger partial charge in [0.05, 0.1) is 13.0 Å². The average Bonchev–Trinajstić information content (AvgIpc) is 2.80. The van der Waals surface area contributed by atoms with Crippen molar-refractivity contribution in [3.8, 4) is 0 Å². The zero-order valence-electron chi connectivity index (χ0n) is 10.7. The second-order valence-electron chi connectivity index (χ2n) is 3.70. The molecule has 0 fully saturated rings. The minimum absolute atomic E-state index is 0.148. The highest BCUT2D eigenvalue weighted by molar-refractivity contribution is 9.10. The van der Waals surface area contributed by atoms with Crippen molar-refractivity contribution in [3.05, 3.63) is 35.2 Å². The number of halogens is 1. The molecule has 1 rings (SSSR count). The molecule has 0 spiro atoms. The number of nitrogens with zero attached hydrogens (tertiary/aromatic N) is 1. The molecule has 1 aromatic rings. The molecule has 0 saturated carbocycles. The van der Waals surface area contributed by atoms with Gasteiger partial charge in [0, 0.05) is 13.1 Å². The summed E-state index contributed by atoms with van der Waals surface area (Å²) in [5, 5.41) is 0. The summed E-state index contributed by atoms with van der Waals surface area (Å²) in [5.41, 5.74) is 0. The van der Waals surface area contributed by atoms with E-state index in [1.165, 1.54) is 4.90 Å². The van der Waals surface area contributed by atoms with Gasteiger partial charge in [-0.2, -0.15) is 0 Å². The van der Waals surface area contributed by atoms with Crippen LogP contribution < -0.4 is 0 Å². The Kier molecular flexibility index (Phi) is 6.35. The van der Waals surface area contributed by atoms with Gasteiger partial charge in [0.1, 0.15) is 0 Å². The lowest BCUT2D eigenvalue weighted by molar-refractivity contribution is -0.143. The second kappa shape index (κ2) is 7.78. The van der Waals surface area contributed by atoms with Crippen molar-refractivity contribution in [2.45, 2.75) is 13.3 Å². The van der Waals surface area contributed by atoms with Crippen LogP contribution in [-0.4, -0.2) is 36.5 Å². The molecule has 5 nitrogen and oxygen atoms in total. The standard InChI is InChI=1S/C13H16BrNO4/c1-3-8-15(9-7-12(16)18-4-2)13(17)10-5-6-11(14)19-10/h3,5-6H,1,4,7-9H2,2H3. The van der Waals surface area contributed by atoms with Crippen LogP contribution >= 0.6 is 15.9 Å². The Morgan fingerprint density at radius 3 is 2.79 bits per heavy atom. The van der Waals surface area contributed by atoms with Crippen LogP contribution in [0.25, 0.3) is 0 Å². The van der Waals surface area contributed by atoms with E-state index in [1.54, 1.807) is 25.1 Å². The fourth-order valence-corrected chi connectivity index (χ4v) is 1.78. The van der Waals surface area contributed by atoms with E-state index in [1.807, 2.05) is 0 Å². The molecule has 0 aliphatic heterocycles. The Hall–Kier alpha value is -1.56. The maximum absolute atomic E-state index is 12.1. The molecule has 0 atom stereocenters. The summed E-state index contributed by atoms with van der Waals surface area (Å²) in [6, 6.07) is 3.22. The highest BCUT2D eigenvalue weighted by Crippen LogP contribution is 2.16. The minimum Gasteiger partial charge on any atom is -0.466 e. The topological polar surface area (TPSA) is 59.8 Å². The Bertz CT molecular complexity index is 455. The smallest absolute Gasteiger partial charge is 0.307 e. The van der Waals surface area contributed by atoms with Crippen molar-refractivity contribution < 1.29 is 18.7 Å². The first-order valence-electron chi connectivity index (χ1n) is 5.89. The number of furan rings is 1. The van der Waals surface area contributed by atoms with Gasteiger partial charge in [-0.25, -0.2) is 0 Å². The Morgan fingerprint density at radius 2 is 2.26 bits per heavy atom. The SMILES string of the molecule is C=CCN(CCC(=O)OCC)C(=O)c1ccc(Br)o1. The van der Waals surface area contributed by atoms with Gasteiger partial charge in [-0.3, -0.25) is 9.59 Å². The monoisotopic (exact) mass is 329 g/mol. The van der Waals surface area contributed by atoms with Crippen molar-refractivity contribution in [2.24, 2.45) is 0 Å². The van der Waals surface area contributed by atoms with Gasteiger partial charge in [0.25, 0.3) is 5.91 Å². The first-order chi connectivity index (χ1) is 9.08. The van der Waals surface area contributed by atoms with E-state index in [9.17, 15) is 9.59 Å². The third kappa shape index (κ3) is 4.90. The van der Waals surface area contributed by atoms with E-state index in [0.29, 0.717) is 17.8 Å². The zero-order valence-corrected chi connectivity index (χ0v) is 12.3. The minimum atomic E-state index is -0.329. The molecule has 19 heavy (non-hydrogen) atoms. The van der Waals surface area contributed by atoms with Crippen molar-refractivity contribution in [3.63, 3.8) is 0 Å². The van der Waals surface area contributed by atoms with Crippen LogP contribution in [0.1, 0.15) is 23.9 Å². The molecule has 1 heterocycles. The Labute approximate surface area is 120 Å². The first-order valence-corrected chi connectivity index (χ1v) is 6.69. The van der Waals surface area contributed by atoms with E-state index in [4.69, 9.17) is 9.15 Å². The van der Waals surface area contributed by atoms with Crippen LogP contribution in [0.2, 0.25) is 0 Å². The molecular formula is C13H16BrNO4. The zero-order chi connectivity index (χ0) is 14.3. The molecule has 104 valence electrons. The Morgan fingerprint density at radius 1 is 1.53 bits per heavy atom. The molecule has 0 N–H and O–H groups in total. The molecule has 0 aliphatic carbocycles.